The number of amides is 2. The normalized spacial score (nSPS) is 12.1. The van der Waals surface area contributed by atoms with Crippen LogP contribution in [0.3, 0.4) is 0 Å². The predicted molar refractivity (Wildman–Crippen MR) is 59.6 cm³/mol. The maximum atomic E-state index is 13.2. The van der Waals surface area contributed by atoms with Crippen molar-refractivity contribution in [3.63, 3.8) is 0 Å². The summed E-state index contributed by atoms with van der Waals surface area (Å²) >= 11 is 0. The van der Waals surface area contributed by atoms with Crippen molar-refractivity contribution in [2.24, 2.45) is 0 Å². The first kappa shape index (κ1) is 14.3. The predicted octanol–water partition coefficient (Wildman–Crippen LogP) is 2.00. The first-order valence-corrected chi connectivity index (χ1v) is 5.30. The van der Waals surface area contributed by atoms with E-state index in [4.69, 9.17) is 5.11 Å². The molecule has 2 amide bonds. The Labute approximate surface area is 102 Å². The van der Waals surface area contributed by atoms with Gasteiger partial charge in [0.25, 0.3) is 0 Å². The van der Waals surface area contributed by atoms with Crippen LogP contribution in [-0.2, 0) is 0 Å². The second-order valence-electron chi connectivity index (χ2n) is 3.63. The van der Waals surface area contributed by atoms with Crippen LogP contribution in [0.2, 0.25) is 0 Å². The molecule has 0 aromatic heterocycles. The van der Waals surface area contributed by atoms with Crippen molar-refractivity contribution in [1.82, 2.24) is 5.32 Å². The third-order valence-corrected chi connectivity index (χ3v) is 2.29. The molecule has 0 aliphatic rings. The SMILES string of the molecule is CCC(CO)NC(=O)Nc1c(F)cc(F)cc1F. The Hall–Kier alpha value is -1.76. The Kier molecular flexibility index (Phi) is 4.96. The third-order valence-electron chi connectivity index (χ3n) is 2.29. The molecule has 0 fully saturated rings. The monoisotopic (exact) mass is 262 g/mol. The van der Waals surface area contributed by atoms with Crippen LogP contribution in [-0.4, -0.2) is 23.8 Å². The Morgan fingerprint density at radius 1 is 1.33 bits per heavy atom. The van der Waals surface area contributed by atoms with Crippen molar-refractivity contribution < 1.29 is 23.1 Å². The average Bonchev–Trinajstić information content (AvgIpc) is 2.30. The molecule has 0 radical (unpaired) electrons. The highest BCUT2D eigenvalue weighted by Crippen LogP contribution is 2.19. The molecule has 0 saturated carbocycles. The molecule has 0 saturated heterocycles. The molecule has 3 N–H and O–H groups in total. The fraction of sp³-hybridized carbons (Fsp3) is 0.364. The van der Waals surface area contributed by atoms with E-state index in [0.29, 0.717) is 18.6 Å². The molecule has 0 bridgehead atoms. The largest absolute Gasteiger partial charge is 0.394 e. The van der Waals surface area contributed by atoms with Crippen molar-refractivity contribution in [2.75, 3.05) is 11.9 Å². The third kappa shape index (κ3) is 3.63. The smallest absolute Gasteiger partial charge is 0.319 e. The van der Waals surface area contributed by atoms with Gasteiger partial charge in [-0.15, -0.1) is 0 Å². The Morgan fingerprint density at radius 2 is 1.89 bits per heavy atom. The van der Waals surface area contributed by atoms with Crippen LogP contribution in [0.5, 0.6) is 0 Å². The first-order valence-electron chi connectivity index (χ1n) is 5.30. The fourth-order valence-corrected chi connectivity index (χ4v) is 1.27. The highest BCUT2D eigenvalue weighted by atomic mass is 19.1. The summed E-state index contributed by atoms with van der Waals surface area (Å²) in [4.78, 5) is 11.4. The van der Waals surface area contributed by atoms with E-state index < -0.39 is 35.2 Å². The summed E-state index contributed by atoms with van der Waals surface area (Å²) in [5, 5.41) is 13.1. The quantitative estimate of drug-likeness (QED) is 0.777. The van der Waals surface area contributed by atoms with E-state index in [1.165, 1.54) is 0 Å². The number of anilines is 1. The molecule has 100 valence electrons. The van der Waals surface area contributed by atoms with Gasteiger partial charge < -0.3 is 15.7 Å². The summed E-state index contributed by atoms with van der Waals surface area (Å²) in [5.41, 5.74) is -0.735. The van der Waals surface area contributed by atoms with Crippen LogP contribution in [0.4, 0.5) is 23.7 Å². The zero-order chi connectivity index (χ0) is 13.7. The van der Waals surface area contributed by atoms with Gasteiger partial charge in [-0.3, -0.25) is 0 Å². The minimum absolute atomic E-state index is 0.293. The summed E-state index contributed by atoms with van der Waals surface area (Å²) in [6.45, 7) is 1.43. The lowest BCUT2D eigenvalue weighted by Gasteiger charge is -2.15. The number of hydrogen-bond donors (Lipinski definition) is 3. The van der Waals surface area contributed by atoms with E-state index in [2.05, 4.69) is 5.32 Å². The van der Waals surface area contributed by atoms with Gasteiger partial charge in [0.2, 0.25) is 0 Å². The Bertz CT molecular complexity index is 413. The molecule has 1 unspecified atom stereocenters. The minimum Gasteiger partial charge on any atom is -0.394 e. The van der Waals surface area contributed by atoms with Gasteiger partial charge in [-0.2, -0.15) is 0 Å². The van der Waals surface area contributed by atoms with Gasteiger partial charge in [-0.05, 0) is 6.42 Å². The summed E-state index contributed by atoms with van der Waals surface area (Å²) in [6, 6.07) is -0.471. The fourth-order valence-electron chi connectivity index (χ4n) is 1.27. The number of hydrogen-bond acceptors (Lipinski definition) is 2. The second kappa shape index (κ2) is 6.25. The Balaban J connectivity index is 2.76. The number of benzene rings is 1. The van der Waals surface area contributed by atoms with E-state index in [-0.39, 0.29) is 6.61 Å². The van der Waals surface area contributed by atoms with Crippen LogP contribution in [0.1, 0.15) is 13.3 Å². The van der Waals surface area contributed by atoms with Crippen LogP contribution >= 0.6 is 0 Å². The topological polar surface area (TPSA) is 61.4 Å². The number of aliphatic hydroxyl groups is 1. The van der Waals surface area contributed by atoms with Gasteiger partial charge in [0.15, 0.2) is 11.6 Å². The highest BCUT2D eigenvalue weighted by molar-refractivity contribution is 5.89. The summed E-state index contributed by atoms with van der Waals surface area (Å²) < 4.78 is 39.0. The van der Waals surface area contributed by atoms with Gasteiger partial charge in [-0.25, -0.2) is 18.0 Å². The molecule has 1 atom stereocenters. The van der Waals surface area contributed by atoms with E-state index >= 15 is 0 Å². The molecule has 0 spiro atoms. The summed E-state index contributed by atoms with van der Waals surface area (Å²) in [5.74, 6) is -3.49. The average molecular weight is 262 g/mol. The maximum Gasteiger partial charge on any atom is 0.319 e. The van der Waals surface area contributed by atoms with Crippen LogP contribution < -0.4 is 10.6 Å². The number of halogens is 3. The molecule has 7 heteroatoms. The van der Waals surface area contributed by atoms with Crippen molar-refractivity contribution >= 4 is 11.7 Å². The molecule has 1 aromatic rings. The number of aliphatic hydroxyl groups excluding tert-OH is 1. The maximum absolute atomic E-state index is 13.2. The second-order valence-corrected chi connectivity index (χ2v) is 3.63. The molecule has 0 aliphatic carbocycles. The van der Waals surface area contributed by atoms with Gasteiger partial charge in [0.1, 0.15) is 11.5 Å². The van der Waals surface area contributed by atoms with E-state index in [0.717, 1.165) is 0 Å². The number of nitrogens with one attached hydrogen (secondary N) is 2. The lowest BCUT2D eigenvalue weighted by molar-refractivity contribution is 0.222. The van der Waals surface area contributed by atoms with E-state index in [1.54, 1.807) is 6.92 Å². The number of carbonyl (C=O) groups excluding carboxylic acids is 1. The molecule has 18 heavy (non-hydrogen) atoms. The van der Waals surface area contributed by atoms with Gasteiger partial charge in [-0.1, -0.05) is 6.92 Å². The number of urea groups is 1. The molecule has 4 nitrogen and oxygen atoms in total. The molecular formula is C11H13F3N2O2. The van der Waals surface area contributed by atoms with Crippen molar-refractivity contribution in [3.8, 4) is 0 Å². The Morgan fingerprint density at radius 3 is 2.33 bits per heavy atom. The van der Waals surface area contributed by atoms with Gasteiger partial charge in [0, 0.05) is 12.1 Å². The van der Waals surface area contributed by atoms with E-state index in [1.807, 2.05) is 5.32 Å². The number of carbonyl (C=O) groups is 1. The number of rotatable bonds is 4. The lowest BCUT2D eigenvalue weighted by Crippen LogP contribution is -2.40. The standard InChI is InChI=1S/C11H13F3N2O2/c1-2-7(5-17)15-11(18)16-10-8(13)3-6(12)4-9(10)14/h3-4,7,17H,2,5H2,1H3,(H2,15,16,18). The molecular weight excluding hydrogens is 249 g/mol. The molecule has 0 heterocycles. The first-order chi connectivity index (χ1) is 8.47. The zero-order valence-corrected chi connectivity index (χ0v) is 9.64. The van der Waals surface area contributed by atoms with Crippen LogP contribution in [0, 0.1) is 17.5 Å². The summed E-state index contributed by atoms with van der Waals surface area (Å²) in [7, 11) is 0. The highest BCUT2D eigenvalue weighted by Gasteiger charge is 2.15. The molecule has 1 rings (SSSR count). The van der Waals surface area contributed by atoms with Gasteiger partial charge in [0.05, 0.1) is 12.6 Å². The molecule has 1 aromatic carbocycles. The van der Waals surface area contributed by atoms with Crippen molar-refractivity contribution in [2.45, 2.75) is 19.4 Å². The minimum atomic E-state index is -1.21. The van der Waals surface area contributed by atoms with E-state index in [9.17, 15) is 18.0 Å². The summed E-state index contributed by atoms with van der Waals surface area (Å²) in [6.07, 6.45) is 0.457. The van der Waals surface area contributed by atoms with Gasteiger partial charge >= 0.3 is 6.03 Å². The lowest BCUT2D eigenvalue weighted by atomic mass is 10.2. The molecule has 0 aliphatic heterocycles. The zero-order valence-electron chi connectivity index (χ0n) is 9.64. The van der Waals surface area contributed by atoms with Crippen LogP contribution in [0.15, 0.2) is 12.1 Å². The van der Waals surface area contributed by atoms with Crippen molar-refractivity contribution in [3.05, 3.63) is 29.6 Å². The van der Waals surface area contributed by atoms with Crippen LogP contribution in [0.25, 0.3) is 0 Å². The van der Waals surface area contributed by atoms with Crippen molar-refractivity contribution in [1.29, 1.82) is 0 Å².